The number of benzene rings is 1. The number of ether oxygens (including phenoxy) is 2. The summed E-state index contributed by atoms with van der Waals surface area (Å²) in [5, 5.41) is 7.08. The number of nitrogens with zero attached hydrogens (tertiary/aromatic N) is 1. The summed E-state index contributed by atoms with van der Waals surface area (Å²) < 4.78 is 11.1. The molecule has 1 fully saturated rings. The van der Waals surface area contributed by atoms with Crippen LogP contribution in [0.25, 0.3) is 0 Å². The first-order valence-electron chi connectivity index (χ1n) is 11.0. The molecule has 8 heteroatoms. The number of amides is 2. The Morgan fingerprint density at radius 1 is 1.06 bits per heavy atom. The van der Waals surface area contributed by atoms with Gasteiger partial charge in [-0.1, -0.05) is 25.0 Å². The molecular weight excluding hydrogens is 456 g/mol. The van der Waals surface area contributed by atoms with Gasteiger partial charge in [-0.2, -0.15) is 0 Å². The van der Waals surface area contributed by atoms with E-state index in [0.29, 0.717) is 17.2 Å². The lowest BCUT2D eigenvalue weighted by atomic mass is 10.1. The Labute approximate surface area is 202 Å². The van der Waals surface area contributed by atoms with Crippen LogP contribution in [0, 0.1) is 0 Å². The van der Waals surface area contributed by atoms with Crippen molar-refractivity contribution in [2.75, 3.05) is 19.1 Å². The van der Waals surface area contributed by atoms with E-state index in [-0.39, 0.29) is 24.3 Å². The van der Waals surface area contributed by atoms with E-state index in [0.717, 1.165) is 35.4 Å². The van der Waals surface area contributed by atoms with Crippen LogP contribution in [0.1, 0.15) is 41.5 Å². The maximum absolute atomic E-state index is 13.8. The van der Waals surface area contributed by atoms with Gasteiger partial charge in [0.2, 0.25) is 11.8 Å². The van der Waals surface area contributed by atoms with Gasteiger partial charge in [-0.25, -0.2) is 0 Å². The molecule has 1 N–H and O–H groups in total. The number of hydrogen-bond donors (Lipinski definition) is 1. The highest BCUT2D eigenvalue weighted by molar-refractivity contribution is 7.10. The van der Waals surface area contributed by atoms with Crippen LogP contribution in [-0.4, -0.2) is 32.1 Å². The van der Waals surface area contributed by atoms with E-state index in [1.807, 2.05) is 35.0 Å². The lowest BCUT2D eigenvalue weighted by Crippen LogP contribution is -2.46. The largest absolute Gasteiger partial charge is 0.497 e. The average Bonchev–Trinajstić information content (AvgIpc) is 3.61. The Hall–Kier alpha value is -2.84. The minimum Gasteiger partial charge on any atom is -0.497 e. The number of carbonyl (C=O) groups is 2. The van der Waals surface area contributed by atoms with E-state index in [4.69, 9.17) is 9.47 Å². The molecule has 1 aliphatic carbocycles. The molecule has 4 rings (SSSR count). The van der Waals surface area contributed by atoms with Crippen LogP contribution in [0.4, 0.5) is 5.69 Å². The molecule has 0 bridgehead atoms. The molecule has 1 aromatic carbocycles. The fourth-order valence-corrected chi connectivity index (χ4v) is 5.73. The van der Waals surface area contributed by atoms with Crippen molar-refractivity contribution >= 4 is 40.2 Å². The SMILES string of the molecule is COc1ccc(OC)c(N(C(=O)Cc2cccs2)C(C(=O)NC2CCCC2)c2cccs2)c1. The Morgan fingerprint density at radius 3 is 2.45 bits per heavy atom. The summed E-state index contributed by atoms with van der Waals surface area (Å²) in [7, 11) is 3.14. The van der Waals surface area contributed by atoms with E-state index in [9.17, 15) is 9.59 Å². The van der Waals surface area contributed by atoms with Crippen molar-refractivity contribution in [3.63, 3.8) is 0 Å². The zero-order chi connectivity index (χ0) is 23.2. The second-order valence-electron chi connectivity index (χ2n) is 7.97. The number of methoxy groups -OCH3 is 2. The Kier molecular flexibility index (Phi) is 7.67. The van der Waals surface area contributed by atoms with Crippen LogP contribution in [0.5, 0.6) is 11.5 Å². The summed E-state index contributed by atoms with van der Waals surface area (Å²) in [5.41, 5.74) is 0.512. The van der Waals surface area contributed by atoms with E-state index < -0.39 is 6.04 Å². The van der Waals surface area contributed by atoms with Gasteiger partial charge < -0.3 is 14.8 Å². The molecule has 2 aromatic heterocycles. The first kappa shape index (κ1) is 23.3. The molecule has 3 aromatic rings. The average molecular weight is 485 g/mol. The minimum atomic E-state index is -0.806. The minimum absolute atomic E-state index is 0.140. The molecule has 1 aliphatic rings. The van der Waals surface area contributed by atoms with Crippen molar-refractivity contribution in [3.05, 3.63) is 63.0 Å². The number of anilines is 1. The number of thiophene rings is 2. The van der Waals surface area contributed by atoms with E-state index in [2.05, 4.69) is 5.32 Å². The molecule has 174 valence electrons. The molecule has 1 unspecified atom stereocenters. The van der Waals surface area contributed by atoms with Crippen molar-refractivity contribution in [2.45, 2.75) is 44.2 Å². The lowest BCUT2D eigenvalue weighted by molar-refractivity contribution is -0.126. The van der Waals surface area contributed by atoms with Crippen molar-refractivity contribution in [1.29, 1.82) is 0 Å². The standard InChI is InChI=1S/C25H28N2O4S2/c1-30-18-11-12-21(31-2)20(15-18)27(23(28)16-19-9-5-13-32-19)24(22-10-6-14-33-22)25(29)26-17-7-3-4-8-17/h5-6,9-15,17,24H,3-4,7-8,16H2,1-2H3,(H,26,29). The zero-order valence-corrected chi connectivity index (χ0v) is 20.4. The number of nitrogens with one attached hydrogen (secondary N) is 1. The molecule has 1 saturated carbocycles. The summed E-state index contributed by atoms with van der Waals surface area (Å²) >= 11 is 2.99. The topological polar surface area (TPSA) is 67.9 Å². The van der Waals surface area contributed by atoms with Crippen LogP contribution in [-0.2, 0) is 16.0 Å². The summed E-state index contributed by atoms with van der Waals surface area (Å²) in [6.07, 6.45) is 4.35. The van der Waals surface area contributed by atoms with Crippen molar-refractivity contribution < 1.29 is 19.1 Å². The lowest BCUT2D eigenvalue weighted by Gasteiger charge is -2.32. The first-order chi connectivity index (χ1) is 16.1. The van der Waals surface area contributed by atoms with Gasteiger partial charge in [-0.15, -0.1) is 22.7 Å². The predicted molar refractivity (Wildman–Crippen MR) is 133 cm³/mol. The molecule has 6 nitrogen and oxygen atoms in total. The molecule has 2 heterocycles. The van der Waals surface area contributed by atoms with Gasteiger partial charge >= 0.3 is 0 Å². The van der Waals surface area contributed by atoms with Gasteiger partial charge in [0.15, 0.2) is 0 Å². The first-order valence-corrected chi connectivity index (χ1v) is 12.8. The van der Waals surface area contributed by atoms with Crippen LogP contribution in [0.15, 0.2) is 53.2 Å². The van der Waals surface area contributed by atoms with Crippen molar-refractivity contribution in [3.8, 4) is 11.5 Å². The van der Waals surface area contributed by atoms with Crippen LogP contribution in [0.2, 0.25) is 0 Å². The van der Waals surface area contributed by atoms with Gasteiger partial charge in [0.25, 0.3) is 0 Å². The highest BCUT2D eigenvalue weighted by atomic mass is 32.1. The van der Waals surface area contributed by atoms with E-state index in [1.165, 1.54) is 22.7 Å². The summed E-state index contributed by atoms with van der Waals surface area (Å²) in [6, 6.07) is 12.3. The van der Waals surface area contributed by atoms with Gasteiger partial charge in [-0.3, -0.25) is 14.5 Å². The van der Waals surface area contributed by atoms with E-state index in [1.54, 1.807) is 37.3 Å². The highest BCUT2D eigenvalue weighted by Crippen LogP contribution is 2.39. The van der Waals surface area contributed by atoms with Crippen LogP contribution >= 0.6 is 22.7 Å². The second kappa shape index (κ2) is 10.9. The maximum atomic E-state index is 13.8. The molecule has 0 saturated heterocycles. The number of hydrogen-bond acceptors (Lipinski definition) is 6. The van der Waals surface area contributed by atoms with E-state index >= 15 is 0 Å². The fourth-order valence-electron chi connectivity index (χ4n) is 4.22. The quantitative estimate of drug-likeness (QED) is 0.453. The Balaban J connectivity index is 1.79. The fraction of sp³-hybridized carbons (Fsp3) is 0.360. The number of rotatable bonds is 9. The van der Waals surface area contributed by atoms with Gasteiger partial charge in [0, 0.05) is 21.9 Å². The predicted octanol–water partition coefficient (Wildman–Crippen LogP) is 5.20. The van der Waals surface area contributed by atoms with Gasteiger partial charge in [0.05, 0.1) is 26.3 Å². The molecule has 0 spiro atoms. The molecule has 0 radical (unpaired) electrons. The summed E-state index contributed by atoms with van der Waals surface area (Å²) in [6.45, 7) is 0. The Morgan fingerprint density at radius 2 is 1.82 bits per heavy atom. The third-order valence-electron chi connectivity index (χ3n) is 5.84. The molecular formula is C25H28N2O4S2. The third-order valence-corrected chi connectivity index (χ3v) is 7.64. The molecule has 33 heavy (non-hydrogen) atoms. The van der Waals surface area contributed by atoms with Crippen molar-refractivity contribution in [2.24, 2.45) is 0 Å². The summed E-state index contributed by atoms with van der Waals surface area (Å²) in [5.74, 6) is 0.740. The second-order valence-corrected chi connectivity index (χ2v) is 9.98. The summed E-state index contributed by atoms with van der Waals surface area (Å²) in [4.78, 5) is 30.8. The van der Waals surface area contributed by atoms with Crippen LogP contribution < -0.4 is 19.7 Å². The molecule has 1 atom stereocenters. The monoisotopic (exact) mass is 484 g/mol. The van der Waals surface area contributed by atoms with Gasteiger partial charge in [-0.05, 0) is 47.9 Å². The molecule has 2 amide bonds. The molecule has 0 aliphatic heterocycles. The zero-order valence-electron chi connectivity index (χ0n) is 18.8. The van der Waals surface area contributed by atoms with Crippen LogP contribution in [0.3, 0.4) is 0 Å². The third kappa shape index (κ3) is 5.39. The Bertz CT molecular complexity index is 1060. The normalized spacial score (nSPS) is 14.6. The highest BCUT2D eigenvalue weighted by Gasteiger charge is 2.36. The smallest absolute Gasteiger partial charge is 0.248 e. The van der Waals surface area contributed by atoms with Gasteiger partial charge in [0.1, 0.15) is 17.5 Å². The van der Waals surface area contributed by atoms with Crippen molar-refractivity contribution in [1.82, 2.24) is 5.32 Å². The maximum Gasteiger partial charge on any atom is 0.248 e. The number of carbonyl (C=O) groups excluding carboxylic acids is 2.